The van der Waals surface area contributed by atoms with E-state index in [-0.39, 0.29) is 16.4 Å². The fourth-order valence-electron chi connectivity index (χ4n) is 3.58. The van der Waals surface area contributed by atoms with E-state index < -0.39 is 16.5 Å². The Kier molecular flexibility index (Phi) is 4.25. The van der Waals surface area contributed by atoms with Crippen LogP contribution in [0.2, 0.25) is 0 Å². The summed E-state index contributed by atoms with van der Waals surface area (Å²) in [6.07, 6.45) is 3.36. The van der Waals surface area contributed by atoms with Gasteiger partial charge in [-0.25, -0.2) is 0 Å². The van der Waals surface area contributed by atoms with Crippen molar-refractivity contribution in [2.45, 2.75) is 43.1 Å². The van der Waals surface area contributed by atoms with Gasteiger partial charge in [-0.1, -0.05) is 15.9 Å². The van der Waals surface area contributed by atoms with Crippen LogP contribution in [0.25, 0.3) is 10.9 Å². The zero-order chi connectivity index (χ0) is 16.9. The molecule has 0 saturated carbocycles. The van der Waals surface area contributed by atoms with Gasteiger partial charge < -0.3 is 10.7 Å². The minimum Gasteiger partial charge on any atom is -0.366 e. The number of hydrogen-bond acceptors (Lipinski definition) is 3. The molecule has 0 bridgehead atoms. The van der Waals surface area contributed by atoms with Crippen LogP contribution < -0.4 is 5.73 Å². The van der Waals surface area contributed by atoms with Crippen LogP contribution >= 0.6 is 26.5 Å². The van der Waals surface area contributed by atoms with Crippen LogP contribution in [0.5, 0.6) is 0 Å². The number of carbonyl (C=O) groups is 1. The highest BCUT2D eigenvalue weighted by molar-refractivity contribution is 9.10. The predicted molar refractivity (Wildman–Crippen MR) is 98.3 cm³/mol. The molecule has 1 aromatic heterocycles. The maximum absolute atomic E-state index is 11.7. The molecule has 23 heavy (non-hydrogen) atoms. The third-order valence-corrected chi connectivity index (χ3v) is 8.12. The average molecular weight is 401 g/mol. The van der Waals surface area contributed by atoms with Gasteiger partial charge in [-0.15, -0.1) is 0 Å². The largest absolute Gasteiger partial charge is 0.366 e. The van der Waals surface area contributed by atoms with Crippen molar-refractivity contribution in [3.63, 3.8) is 0 Å². The van der Waals surface area contributed by atoms with Crippen LogP contribution in [0.3, 0.4) is 0 Å². The number of aromatic nitrogens is 1. The summed E-state index contributed by atoms with van der Waals surface area (Å²) < 4.78 is 21.3. The first kappa shape index (κ1) is 16.8. The fraction of sp³-hybridized carbons (Fsp3) is 0.438. The number of nitrogens with one attached hydrogen (secondary N) is 1. The molecule has 2 atom stereocenters. The molecule has 0 radical (unpaired) electrons. The number of carbonyl (C=O) groups excluding carboxylic acids is 1. The number of rotatable bonds is 2. The number of primary amides is 1. The number of nitrogens with two attached hydrogens (primary N) is 1. The van der Waals surface area contributed by atoms with Crippen molar-refractivity contribution >= 4 is 43.3 Å². The Bertz CT molecular complexity index is 760. The Hall–Kier alpha value is -1.02. The summed E-state index contributed by atoms with van der Waals surface area (Å²) >= 11 is 3.44. The van der Waals surface area contributed by atoms with Crippen molar-refractivity contribution in [1.82, 2.24) is 4.98 Å². The number of H-pyrrole nitrogens is 1. The van der Waals surface area contributed by atoms with E-state index in [0.717, 1.165) is 33.8 Å². The first-order valence-electron chi connectivity index (χ1n) is 7.58. The first-order chi connectivity index (χ1) is 10.7. The lowest BCUT2D eigenvalue weighted by atomic mass is 9.89. The zero-order valence-corrected chi connectivity index (χ0v) is 15.4. The van der Waals surface area contributed by atoms with E-state index in [1.807, 2.05) is 26.1 Å². The Balaban J connectivity index is 2.06. The molecule has 7 heteroatoms. The molecule has 2 heterocycles. The van der Waals surface area contributed by atoms with Gasteiger partial charge in [-0.3, -0.25) is 13.9 Å². The standard InChI is InChI=1S/C16H21BrN2O3S/c1-8-3-10(4-9(2)23(8,21)22)14-7-19-15-12(14)5-11(17)6-13(15)16(18)20/h5-10,19,21-22H,3-4H2,1-2H3,(H2,18,20). The molecular weight excluding hydrogens is 380 g/mol. The van der Waals surface area contributed by atoms with Crippen molar-refractivity contribution < 1.29 is 13.9 Å². The van der Waals surface area contributed by atoms with Gasteiger partial charge in [-0.05, 0) is 50.3 Å². The number of benzene rings is 1. The predicted octanol–water partition coefficient (Wildman–Crippen LogP) is 4.43. The SMILES string of the molecule is CC1CC(c2c[nH]c3c(C(N)=O)cc(Br)cc23)CC(C)S1(O)O. The van der Waals surface area contributed by atoms with Crippen LogP contribution in [0, 0.1) is 0 Å². The van der Waals surface area contributed by atoms with Crippen LogP contribution in [0.15, 0.2) is 22.8 Å². The van der Waals surface area contributed by atoms with Gasteiger partial charge in [-0.2, -0.15) is 10.6 Å². The molecule has 1 amide bonds. The van der Waals surface area contributed by atoms with E-state index in [4.69, 9.17) is 5.73 Å². The second-order valence-corrected chi connectivity index (χ2v) is 10.2. The zero-order valence-electron chi connectivity index (χ0n) is 13.0. The summed E-state index contributed by atoms with van der Waals surface area (Å²) in [5, 5.41) is 0.698. The molecule has 2 unspecified atom stereocenters. The van der Waals surface area contributed by atoms with Gasteiger partial charge in [0.1, 0.15) is 0 Å². The van der Waals surface area contributed by atoms with Crippen molar-refractivity contribution in [2.24, 2.45) is 5.73 Å². The molecule has 0 aliphatic carbocycles. The van der Waals surface area contributed by atoms with Crippen molar-refractivity contribution in [1.29, 1.82) is 0 Å². The van der Waals surface area contributed by atoms with Crippen LogP contribution in [-0.2, 0) is 0 Å². The Morgan fingerprint density at radius 2 is 1.91 bits per heavy atom. The number of halogens is 1. The maximum Gasteiger partial charge on any atom is 0.250 e. The van der Waals surface area contributed by atoms with Crippen LogP contribution in [0.4, 0.5) is 0 Å². The van der Waals surface area contributed by atoms with E-state index in [1.165, 1.54) is 0 Å². The third kappa shape index (κ3) is 2.80. The molecule has 1 fully saturated rings. The van der Waals surface area contributed by atoms with Crippen molar-refractivity contribution in [2.75, 3.05) is 0 Å². The molecule has 3 rings (SSSR count). The minimum atomic E-state index is -2.54. The Morgan fingerprint density at radius 3 is 2.48 bits per heavy atom. The van der Waals surface area contributed by atoms with Gasteiger partial charge in [0.2, 0.25) is 0 Å². The van der Waals surface area contributed by atoms with Crippen molar-refractivity contribution in [3.05, 3.63) is 33.9 Å². The van der Waals surface area contributed by atoms with Crippen molar-refractivity contribution in [3.8, 4) is 0 Å². The monoisotopic (exact) mass is 400 g/mol. The topological polar surface area (TPSA) is 99.3 Å². The van der Waals surface area contributed by atoms with E-state index in [0.29, 0.717) is 5.56 Å². The summed E-state index contributed by atoms with van der Waals surface area (Å²) in [5.41, 5.74) is 7.79. The summed E-state index contributed by atoms with van der Waals surface area (Å²) in [6, 6.07) is 3.70. The highest BCUT2D eigenvalue weighted by Gasteiger charge is 2.38. The van der Waals surface area contributed by atoms with E-state index in [9.17, 15) is 13.9 Å². The lowest BCUT2D eigenvalue weighted by Crippen LogP contribution is -2.32. The smallest absolute Gasteiger partial charge is 0.250 e. The van der Waals surface area contributed by atoms with Gasteiger partial charge in [0, 0.05) is 26.6 Å². The molecule has 5 N–H and O–H groups in total. The lowest BCUT2D eigenvalue weighted by Gasteiger charge is -2.49. The fourth-order valence-corrected chi connectivity index (χ4v) is 5.86. The van der Waals surface area contributed by atoms with E-state index >= 15 is 0 Å². The normalized spacial score (nSPS) is 28.7. The molecule has 1 saturated heterocycles. The molecule has 1 aromatic carbocycles. The molecular formula is C16H21BrN2O3S. The highest BCUT2D eigenvalue weighted by atomic mass is 79.9. The summed E-state index contributed by atoms with van der Waals surface area (Å²) in [7, 11) is -2.54. The number of aromatic amines is 1. The molecule has 5 nitrogen and oxygen atoms in total. The maximum atomic E-state index is 11.7. The third-order valence-electron chi connectivity index (χ3n) is 4.91. The molecule has 0 spiro atoms. The molecule has 2 aromatic rings. The Morgan fingerprint density at radius 1 is 1.30 bits per heavy atom. The quantitative estimate of drug-likeness (QED) is 0.599. The Labute approximate surface area is 145 Å². The summed E-state index contributed by atoms with van der Waals surface area (Å²) in [5.74, 6) is -0.243. The summed E-state index contributed by atoms with van der Waals surface area (Å²) in [4.78, 5) is 14.8. The second kappa shape index (κ2) is 5.81. The molecule has 126 valence electrons. The molecule has 1 aliphatic rings. The number of amides is 1. The van der Waals surface area contributed by atoms with Gasteiger partial charge in [0.25, 0.3) is 5.91 Å². The summed E-state index contributed by atoms with van der Waals surface area (Å²) in [6.45, 7) is 3.80. The number of hydrogen-bond donors (Lipinski definition) is 4. The minimum absolute atomic E-state index is 0.135. The second-order valence-electron chi connectivity index (χ2n) is 6.41. The van der Waals surface area contributed by atoms with Crippen LogP contribution in [0.1, 0.15) is 48.5 Å². The lowest BCUT2D eigenvalue weighted by molar-refractivity contribution is 0.100. The van der Waals surface area contributed by atoms with Gasteiger partial charge in [0.15, 0.2) is 0 Å². The van der Waals surface area contributed by atoms with E-state index in [1.54, 1.807) is 6.07 Å². The average Bonchev–Trinajstić information content (AvgIpc) is 2.87. The van der Waals surface area contributed by atoms with Gasteiger partial charge in [0.05, 0.1) is 11.1 Å². The number of fused-ring (bicyclic) bond motifs is 1. The highest BCUT2D eigenvalue weighted by Crippen LogP contribution is 2.58. The molecule has 1 aliphatic heterocycles. The van der Waals surface area contributed by atoms with Crippen LogP contribution in [-0.4, -0.2) is 30.5 Å². The van der Waals surface area contributed by atoms with E-state index in [2.05, 4.69) is 20.9 Å². The van der Waals surface area contributed by atoms with Gasteiger partial charge >= 0.3 is 0 Å². The first-order valence-corrected chi connectivity index (χ1v) is 10.0.